The molecule has 0 aliphatic rings. The first-order valence-corrected chi connectivity index (χ1v) is 6.36. The van der Waals surface area contributed by atoms with Crippen LogP contribution in [-0.2, 0) is 12.8 Å². The minimum absolute atomic E-state index is 0.184. The van der Waals surface area contributed by atoms with E-state index in [-0.39, 0.29) is 5.92 Å². The summed E-state index contributed by atoms with van der Waals surface area (Å²) in [5.74, 6) is -0.889. The second-order valence-corrected chi connectivity index (χ2v) is 4.77. The minimum atomic E-state index is -0.537. The molecule has 2 aromatic carbocycles. The van der Waals surface area contributed by atoms with E-state index in [0.29, 0.717) is 18.5 Å². The average Bonchev–Trinajstić information content (AvgIpc) is 2.38. The van der Waals surface area contributed by atoms with Gasteiger partial charge in [0, 0.05) is 6.07 Å². The summed E-state index contributed by atoms with van der Waals surface area (Å²) in [6.45, 7) is 0.493. The third kappa shape index (κ3) is 4.14. The fourth-order valence-electron chi connectivity index (χ4n) is 2.25. The van der Waals surface area contributed by atoms with Crippen LogP contribution in [0.25, 0.3) is 0 Å². The third-order valence-corrected chi connectivity index (χ3v) is 3.15. The lowest BCUT2D eigenvalue weighted by Gasteiger charge is -2.15. The maximum atomic E-state index is 13.1. The molecule has 0 aliphatic heterocycles. The van der Waals surface area contributed by atoms with Gasteiger partial charge in [-0.1, -0.05) is 30.3 Å². The highest BCUT2D eigenvalue weighted by Gasteiger charge is 2.10. The van der Waals surface area contributed by atoms with Crippen LogP contribution in [0.3, 0.4) is 0 Å². The Morgan fingerprint density at radius 3 is 2.00 bits per heavy atom. The van der Waals surface area contributed by atoms with Gasteiger partial charge in [0.2, 0.25) is 0 Å². The Bertz CT molecular complexity index is 505. The van der Waals surface area contributed by atoms with Crippen molar-refractivity contribution in [2.75, 3.05) is 6.54 Å². The molecule has 3 heteroatoms. The summed E-state index contributed by atoms with van der Waals surface area (Å²) in [5, 5.41) is 0. The van der Waals surface area contributed by atoms with Gasteiger partial charge in [0.25, 0.3) is 0 Å². The zero-order valence-corrected chi connectivity index (χ0v) is 10.7. The maximum Gasteiger partial charge on any atom is 0.126 e. The molecule has 100 valence electrons. The van der Waals surface area contributed by atoms with Crippen molar-refractivity contribution in [3.8, 4) is 0 Å². The van der Waals surface area contributed by atoms with Gasteiger partial charge in [-0.25, -0.2) is 8.78 Å². The Morgan fingerprint density at radius 2 is 1.42 bits per heavy atom. The Balaban J connectivity index is 2.06. The van der Waals surface area contributed by atoms with Gasteiger partial charge in [0.15, 0.2) is 0 Å². The lowest BCUT2D eigenvalue weighted by Crippen LogP contribution is -2.19. The van der Waals surface area contributed by atoms with Crippen LogP contribution in [0.15, 0.2) is 48.5 Å². The highest BCUT2D eigenvalue weighted by atomic mass is 19.1. The van der Waals surface area contributed by atoms with Gasteiger partial charge in [-0.2, -0.15) is 0 Å². The van der Waals surface area contributed by atoms with Crippen molar-refractivity contribution in [2.45, 2.75) is 12.8 Å². The molecule has 0 bridgehead atoms. The zero-order chi connectivity index (χ0) is 13.7. The van der Waals surface area contributed by atoms with Crippen molar-refractivity contribution in [3.05, 3.63) is 71.3 Å². The van der Waals surface area contributed by atoms with Crippen molar-refractivity contribution in [3.63, 3.8) is 0 Å². The number of hydrogen-bond acceptors (Lipinski definition) is 1. The highest BCUT2D eigenvalue weighted by molar-refractivity contribution is 5.20. The van der Waals surface area contributed by atoms with Crippen LogP contribution in [0.2, 0.25) is 0 Å². The number of benzene rings is 2. The smallest absolute Gasteiger partial charge is 0.126 e. The molecule has 0 radical (unpaired) electrons. The molecule has 0 fully saturated rings. The van der Waals surface area contributed by atoms with E-state index in [9.17, 15) is 8.78 Å². The van der Waals surface area contributed by atoms with Crippen LogP contribution in [-0.4, -0.2) is 6.54 Å². The van der Waals surface area contributed by atoms with Gasteiger partial charge >= 0.3 is 0 Å². The fraction of sp³-hybridized carbons (Fsp3) is 0.250. The number of hydrogen-bond donors (Lipinski definition) is 1. The topological polar surface area (TPSA) is 26.0 Å². The van der Waals surface area contributed by atoms with E-state index in [1.54, 1.807) is 0 Å². The normalized spacial score (nSPS) is 12.4. The summed E-state index contributed by atoms with van der Waals surface area (Å²) in [6.07, 6.45) is 1.40. The quantitative estimate of drug-likeness (QED) is 0.877. The standard InChI is InChI=1S/C16H17F2N/c17-15-8-13(9-16(18)10-15)7-14(11-19)6-12-4-2-1-3-5-12/h1-5,8-10,14H,6-7,11,19H2. The molecule has 0 amide bonds. The van der Waals surface area contributed by atoms with Crippen LogP contribution in [0.1, 0.15) is 11.1 Å². The molecule has 1 nitrogen and oxygen atoms in total. The molecule has 0 saturated heterocycles. The van der Waals surface area contributed by atoms with E-state index in [0.717, 1.165) is 12.5 Å². The summed E-state index contributed by atoms with van der Waals surface area (Å²) in [4.78, 5) is 0. The summed E-state index contributed by atoms with van der Waals surface area (Å²) < 4.78 is 26.3. The van der Waals surface area contributed by atoms with Gasteiger partial charge in [-0.15, -0.1) is 0 Å². The van der Waals surface area contributed by atoms with Gasteiger partial charge in [-0.3, -0.25) is 0 Å². The lowest BCUT2D eigenvalue weighted by molar-refractivity contribution is 0.524. The van der Waals surface area contributed by atoms with Crippen molar-refractivity contribution >= 4 is 0 Å². The summed E-state index contributed by atoms with van der Waals surface area (Å²) in [6, 6.07) is 13.6. The first-order chi connectivity index (χ1) is 9.17. The second-order valence-electron chi connectivity index (χ2n) is 4.77. The first kappa shape index (κ1) is 13.7. The molecular weight excluding hydrogens is 244 g/mol. The second kappa shape index (κ2) is 6.43. The van der Waals surface area contributed by atoms with Crippen molar-refractivity contribution in [2.24, 2.45) is 11.7 Å². The third-order valence-electron chi connectivity index (χ3n) is 3.15. The largest absolute Gasteiger partial charge is 0.330 e. The summed E-state index contributed by atoms with van der Waals surface area (Å²) in [7, 11) is 0. The Morgan fingerprint density at radius 1 is 0.842 bits per heavy atom. The number of halogens is 2. The van der Waals surface area contributed by atoms with E-state index < -0.39 is 11.6 Å². The highest BCUT2D eigenvalue weighted by Crippen LogP contribution is 2.16. The Kier molecular flexibility index (Phi) is 4.63. The first-order valence-electron chi connectivity index (χ1n) is 6.36. The predicted octanol–water partition coefficient (Wildman–Crippen LogP) is 3.32. The molecule has 2 aromatic rings. The van der Waals surface area contributed by atoms with Crippen molar-refractivity contribution in [1.82, 2.24) is 0 Å². The molecule has 1 unspecified atom stereocenters. The molecule has 2 rings (SSSR count). The summed E-state index contributed by atoms with van der Waals surface area (Å²) in [5.41, 5.74) is 7.60. The molecule has 0 saturated carbocycles. The van der Waals surface area contributed by atoms with Crippen molar-refractivity contribution in [1.29, 1.82) is 0 Å². The average molecular weight is 261 g/mol. The minimum Gasteiger partial charge on any atom is -0.330 e. The van der Waals surface area contributed by atoms with Gasteiger partial charge < -0.3 is 5.73 Å². The van der Waals surface area contributed by atoms with E-state index in [2.05, 4.69) is 0 Å². The van der Waals surface area contributed by atoms with Crippen LogP contribution in [0.4, 0.5) is 8.78 Å². The van der Waals surface area contributed by atoms with Crippen LogP contribution in [0.5, 0.6) is 0 Å². The van der Waals surface area contributed by atoms with E-state index >= 15 is 0 Å². The monoisotopic (exact) mass is 261 g/mol. The zero-order valence-electron chi connectivity index (χ0n) is 10.7. The Labute approximate surface area is 112 Å². The molecule has 0 heterocycles. The molecular formula is C16H17F2N. The van der Waals surface area contributed by atoms with Crippen LogP contribution < -0.4 is 5.73 Å². The Hall–Kier alpha value is -1.74. The maximum absolute atomic E-state index is 13.1. The predicted molar refractivity (Wildman–Crippen MR) is 72.8 cm³/mol. The van der Waals surface area contributed by atoms with Crippen LogP contribution >= 0.6 is 0 Å². The lowest BCUT2D eigenvalue weighted by atomic mass is 9.92. The molecule has 0 aliphatic carbocycles. The van der Waals surface area contributed by atoms with Crippen LogP contribution in [0, 0.1) is 17.6 Å². The van der Waals surface area contributed by atoms with E-state index in [1.807, 2.05) is 30.3 Å². The van der Waals surface area contributed by atoms with E-state index in [1.165, 1.54) is 17.7 Å². The molecule has 1 atom stereocenters. The van der Waals surface area contributed by atoms with Gasteiger partial charge in [0.1, 0.15) is 11.6 Å². The van der Waals surface area contributed by atoms with Gasteiger partial charge in [0.05, 0.1) is 0 Å². The summed E-state index contributed by atoms with van der Waals surface area (Å²) >= 11 is 0. The van der Waals surface area contributed by atoms with Gasteiger partial charge in [-0.05, 0) is 48.6 Å². The number of rotatable bonds is 5. The SMILES string of the molecule is NCC(Cc1ccccc1)Cc1cc(F)cc(F)c1. The molecule has 2 N–H and O–H groups in total. The molecule has 19 heavy (non-hydrogen) atoms. The fourth-order valence-corrected chi connectivity index (χ4v) is 2.25. The molecule has 0 spiro atoms. The van der Waals surface area contributed by atoms with E-state index in [4.69, 9.17) is 5.73 Å². The number of nitrogens with two attached hydrogens (primary N) is 1. The molecule has 0 aromatic heterocycles. The van der Waals surface area contributed by atoms with Crippen molar-refractivity contribution < 1.29 is 8.78 Å².